The Bertz CT molecular complexity index is 328. The van der Waals surface area contributed by atoms with Gasteiger partial charge in [-0.2, -0.15) is 0 Å². The molecule has 20 heavy (non-hydrogen) atoms. The van der Waals surface area contributed by atoms with E-state index in [9.17, 15) is 0 Å². The van der Waals surface area contributed by atoms with Crippen LogP contribution in [0.2, 0.25) is 0 Å². The van der Waals surface area contributed by atoms with Crippen molar-refractivity contribution in [3.05, 3.63) is 0 Å². The van der Waals surface area contributed by atoms with E-state index >= 15 is 0 Å². The van der Waals surface area contributed by atoms with E-state index in [1.807, 2.05) is 0 Å². The fourth-order valence-corrected chi connectivity index (χ4v) is 4.78. The summed E-state index contributed by atoms with van der Waals surface area (Å²) in [6, 6.07) is 2.33. The molecule has 3 nitrogen and oxygen atoms in total. The molecule has 2 saturated heterocycles. The van der Waals surface area contributed by atoms with E-state index in [1.165, 1.54) is 64.8 Å². The summed E-state index contributed by atoms with van der Waals surface area (Å²) in [6.07, 6.45) is 6.87. The SMILES string of the molecule is CCCNC1C(N2CCN3CCCC3C2)CCC1(C)C. The normalized spacial score (nSPS) is 38.2. The smallest absolute Gasteiger partial charge is 0.0274 e. The molecule has 0 aromatic rings. The predicted molar refractivity (Wildman–Crippen MR) is 85.1 cm³/mol. The molecule has 0 aromatic heterocycles. The van der Waals surface area contributed by atoms with E-state index in [0.29, 0.717) is 11.5 Å². The van der Waals surface area contributed by atoms with Crippen LogP contribution in [0.3, 0.4) is 0 Å². The Labute approximate surface area is 125 Å². The molecule has 2 aliphatic heterocycles. The van der Waals surface area contributed by atoms with Crippen molar-refractivity contribution >= 4 is 0 Å². The molecule has 0 radical (unpaired) electrons. The molecule has 0 amide bonds. The first-order valence-electron chi connectivity index (χ1n) is 8.83. The third kappa shape index (κ3) is 2.77. The Morgan fingerprint density at radius 2 is 1.90 bits per heavy atom. The minimum atomic E-state index is 0.465. The Morgan fingerprint density at radius 3 is 2.70 bits per heavy atom. The zero-order valence-corrected chi connectivity index (χ0v) is 13.7. The first-order chi connectivity index (χ1) is 9.62. The zero-order valence-electron chi connectivity index (χ0n) is 13.7. The van der Waals surface area contributed by atoms with Crippen LogP contribution in [-0.2, 0) is 0 Å². The average Bonchev–Trinajstić information content (AvgIpc) is 2.99. The molecule has 1 N–H and O–H groups in total. The van der Waals surface area contributed by atoms with Crippen LogP contribution in [0.15, 0.2) is 0 Å². The van der Waals surface area contributed by atoms with Crippen LogP contribution in [0.25, 0.3) is 0 Å². The van der Waals surface area contributed by atoms with Gasteiger partial charge < -0.3 is 5.32 Å². The molecule has 0 bridgehead atoms. The minimum Gasteiger partial charge on any atom is -0.312 e. The first kappa shape index (κ1) is 14.8. The van der Waals surface area contributed by atoms with Crippen molar-refractivity contribution < 1.29 is 0 Å². The molecule has 116 valence electrons. The first-order valence-corrected chi connectivity index (χ1v) is 8.83. The highest BCUT2D eigenvalue weighted by Gasteiger charge is 2.45. The maximum absolute atomic E-state index is 3.87. The van der Waals surface area contributed by atoms with Crippen molar-refractivity contribution in [1.29, 1.82) is 0 Å². The average molecular weight is 279 g/mol. The molecule has 3 aliphatic rings. The van der Waals surface area contributed by atoms with E-state index in [-0.39, 0.29) is 0 Å². The van der Waals surface area contributed by atoms with Gasteiger partial charge in [0, 0.05) is 37.8 Å². The van der Waals surface area contributed by atoms with Gasteiger partial charge in [-0.05, 0) is 50.6 Å². The highest BCUT2D eigenvalue weighted by molar-refractivity contribution is 5.03. The molecule has 3 unspecified atom stereocenters. The molecule has 0 spiro atoms. The van der Waals surface area contributed by atoms with Crippen LogP contribution in [0, 0.1) is 5.41 Å². The summed E-state index contributed by atoms with van der Waals surface area (Å²) >= 11 is 0. The lowest BCUT2D eigenvalue weighted by Gasteiger charge is -2.44. The molecule has 2 heterocycles. The lowest BCUT2D eigenvalue weighted by molar-refractivity contribution is 0.0556. The van der Waals surface area contributed by atoms with E-state index in [0.717, 1.165) is 12.1 Å². The van der Waals surface area contributed by atoms with Gasteiger partial charge in [0.1, 0.15) is 0 Å². The van der Waals surface area contributed by atoms with Crippen LogP contribution < -0.4 is 5.32 Å². The summed E-state index contributed by atoms with van der Waals surface area (Å²) in [5.74, 6) is 0. The summed E-state index contributed by atoms with van der Waals surface area (Å²) in [6.45, 7) is 13.7. The zero-order chi connectivity index (χ0) is 14.2. The Hall–Kier alpha value is -0.120. The van der Waals surface area contributed by atoms with Gasteiger partial charge in [0.05, 0.1) is 0 Å². The maximum atomic E-state index is 3.87. The standard InChI is InChI=1S/C17H33N3/c1-4-9-18-16-15(7-8-17(16,2)3)20-12-11-19-10-5-6-14(19)13-20/h14-16,18H,4-13H2,1-3H3. The van der Waals surface area contributed by atoms with E-state index in [2.05, 4.69) is 35.9 Å². The highest BCUT2D eigenvalue weighted by atomic mass is 15.3. The third-order valence-electron chi connectivity index (χ3n) is 6.01. The molecular weight excluding hydrogens is 246 g/mol. The van der Waals surface area contributed by atoms with Crippen molar-refractivity contribution in [2.75, 3.05) is 32.7 Å². The molecule has 3 atom stereocenters. The summed E-state index contributed by atoms with van der Waals surface area (Å²) in [5.41, 5.74) is 0.465. The van der Waals surface area contributed by atoms with Crippen LogP contribution in [0.4, 0.5) is 0 Å². The summed E-state index contributed by atoms with van der Waals surface area (Å²) in [7, 11) is 0. The quantitative estimate of drug-likeness (QED) is 0.852. The van der Waals surface area contributed by atoms with Crippen molar-refractivity contribution in [3.8, 4) is 0 Å². The number of fused-ring (bicyclic) bond motifs is 1. The van der Waals surface area contributed by atoms with Crippen molar-refractivity contribution in [3.63, 3.8) is 0 Å². The van der Waals surface area contributed by atoms with Gasteiger partial charge in [-0.25, -0.2) is 0 Å². The van der Waals surface area contributed by atoms with Gasteiger partial charge in [-0.1, -0.05) is 20.8 Å². The van der Waals surface area contributed by atoms with E-state index < -0.39 is 0 Å². The number of nitrogens with one attached hydrogen (secondary N) is 1. The van der Waals surface area contributed by atoms with Gasteiger partial charge in [0.25, 0.3) is 0 Å². The van der Waals surface area contributed by atoms with Crippen LogP contribution >= 0.6 is 0 Å². The van der Waals surface area contributed by atoms with Crippen LogP contribution in [0.1, 0.15) is 52.9 Å². The number of hydrogen-bond acceptors (Lipinski definition) is 3. The van der Waals surface area contributed by atoms with Crippen molar-refractivity contribution in [2.45, 2.75) is 71.0 Å². The second kappa shape index (κ2) is 5.94. The van der Waals surface area contributed by atoms with E-state index in [4.69, 9.17) is 0 Å². The number of piperazine rings is 1. The molecule has 0 aromatic carbocycles. The van der Waals surface area contributed by atoms with Gasteiger partial charge in [-0.3, -0.25) is 9.80 Å². The molecule has 1 saturated carbocycles. The second-order valence-corrected chi connectivity index (χ2v) is 7.85. The fraction of sp³-hybridized carbons (Fsp3) is 1.00. The topological polar surface area (TPSA) is 18.5 Å². The molecular formula is C17H33N3. The predicted octanol–water partition coefficient (Wildman–Crippen LogP) is 2.32. The monoisotopic (exact) mass is 279 g/mol. The summed E-state index contributed by atoms with van der Waals surface area (Å²) < 4.78 is 0. The molecule has 1 aliphatic carbocycles. The van der Waals surface area contributed by atoms with E-state index in [1.54, 1.807) is 0 Å². The lowest BCUT2D eigenvalue weighted by atomic mass is 9.86. The maximum Gasteiger partial charge on any atom is 0.0274 e. The van der Waals surface area contributed by atoms with Crippen molar-refractivity contribution in [1.82, 2.24) is 15.1 Å². The minimum absolute atomic E-state index is 0.465. The second-order valence-electron chi connectivity index (χ2n) is 7.85. The Morgan fingerprint density at radius 1 is 1.10 bits per heavy atom. The third-order valence-corrected chi connectivity index (χ3v) is 6.01. The molecule has 3 heteroatoms. The van der Waals surface area contributed by atoms with Gasteiger partial charge in [0.2, 0.25) is 0 Å². The van der Waals surface area contributed by atoms with Crippen LogP contribution in [-0.4, -0.2) is 60.6 Å². The number of rotatable bonds is 4. The van der Waals surface area contributed by atoms with Crippen molar-refractivity contribution in [2.24, 2.45) is 5.41 Å². The Balaban J connectivity index is 1.65. The van der Waals surface area contributed by atoms with Gasteiger partial charge >= 0.3 is 0 Å². The summed E-state index contributed by atoms with van der Waals surface area (Å²) in [5, 5.41) is 3.87. The fourth-order valence-electron chi connectivity index (χ4n) is 4.78. The summed E-state index contributed by atoms with van der Waals surface area (Å²) in [4.78, 5) is 5.56. The lowest BCUT2D eigenvalue weighted by Crippen LogP contribution is -2.58. The highest BCUT2D eigenvalue weighted by Crippen LogP contribution is 2.40. The Kier molecular flexibility index (Phi) is 4.40. The van der Waals surface area contributed by atoms with Gasteiger partial charge in [0.15, 0.2) is 0 Å². The van der Waals surface area contributed by atoms with Gasteiger partial charge in [-0.15, -0.1) is 0 Å². The molecule has 3 rings (SSSR count). The largest absolute Gasteiger partial charge is 0.312 e. The molecule has 3 fully saturated rings. The number of hydrogen-bond donors (Lipinski definition) is 1. The van der Waals surface area contributed by atoms with Crippen LogP contribution in [0.5, 0.6) is 0 Å². The number of nitrogens with zero attached hydrogens (tertiary/aromatic N) is 2.